The minimum atomic E-state index is -0.489. The van der Waals surface area contributed by atoms with Crippen molar-refractivity contribution in [3.8, 4) is 34.1 Å². The van der Waals surface area contributed by atoms with Crippen LogP contribution in [0, 0.1) is 0 Å². The van der Waals surface area contributed by atoms with Crippen LogP contribution in [0.15, 0.2) is 57.7 Å². The van der Waals surface area contributed by atoms with E-state index in [9.17, 15) is 4.79 Å². The Labute approximate surface area is 127 Å². The normalized spacial score (nSPS) is 10.5. The van der Waals surface area contributed by atoms with Gasteiger partial charge in [-0.25, -0.2) is 4.79 Å². The Balaban J connectivity index is 2.06. The molecule has 0 aliphatic carbocycles. The first-order valence-corrected chi connectivity index (χ1v) is 6.73. The predicted molar refractivity (Wildman–Crippen MR) is 83.3 cm³/mol. The van der Waals surface area contributed by atoms with Crippen molar-refractivity contribution in [1.29, 1.82) is 0 Å². The molecule has 0 saturated carbocycles. The van der Waals surface area contributed by atoms with Crippen molar-refractivity contribution in [2.75, 3.05) is 14.2 Å². The zero-order valence-corrected chi connectivity index (χ0v) is 12.3. The minimum absolute atomic E-state index is 0.489. The number of H-pyrrole nitrogens is 1. The van der Waals surface area contributed by atoms with E-state index >= 15 is 0 Å². The Morgan fingerprint density at radius 3 is 1.82 bits per heavy atom. The van der Waals surface area contributed by atoms with Crippen LogP contribution in [0.3, 0.4) is 0 Å². The highest BCUT2D eigenvalue weighted by Gasteiger charge is 2.14. The molecular weight excluding hydrogens is 282 g/mol. The average Bonchev–Trinajstić information content (AvgIpc) is 2.97. The van der Waals surface area contributed by atoms with E-state index in [1.807, 2.05) is 48.5 Å². The Hall–Kier alpha value is -2.95. The maximum atomic E-state index is 11.6. The summed E-state index contributed by atoms with van der Waals surface area (Å²) in [5.74, 6) is 1.50. The van der Waals surface area contributed by atoms with Crippen molar-refractivity contribution in [2.45, 2.75) is 0 Å². The lowest BCUT2D eigenvalue weighted by atomic mass is 10.1. The van der Waals surface area contributed by atoms with E-state index in [0.29, 0.717) is 11.5 Å². The number of oxazole rings is 1. The third-order valence-corrected chi connectivity index (χ3v) is 3.38. The molecule has 0 aliphatic heterocycles. The third-order valence-electron chi connectivity index (χ3n) is 3.38. The summed E-state index contributed by atoms with van der Waals surface area (Å²) in [5, 5.41) is 0. The zero-order chi connectivity index (χ0) is 15.5. The van der Waals surface area contributed by atoms with Crippen LogP contribution >= 0.6 is 0 Å². The summed E-state index contributed by atoms with van der Waals surface area (Å²) in [6.07, 6.45) is 0. The van der Waals surface area contributed by atoms with Crippen LogP contribution in [-0.2, 0) is 0 Å². The number of hydrogen-bond acceptors (Lipinski definition) is 4. The fourth-order valence-corrected chi connectivity index (χ4v) is 2.23. The van der Waals surface area contributed by atoms with Crippen LogP contribution in [0.4, 0.5) is 0 Å². The molecule has 0 unspecified atom stereocenters. The summed E-state index contributed by atoms with van der Waals surface area (Å²) in [6, 6.07) is 14.7. The van der Waals surface area contributed by atoms with E-state index in [4.69, 9.17) is 13.9 Å². The number of hydrogen-bond donors (Lipinski definition) is 1. The van der Waals surface area contributed by atoms with E-state index in [1.165, 1.54) is 0 Å². The Kier molecular flexibility index (Phi) is 3.70. The summed E-state index contributed by atoms with van der Waals surface area (Å²) < 4.78 is 15.6. The SMILES string of the molecule is COc1ccc(-c2[nH]c(=O)oc2-c2ccc(OC)cc2)cc1. The first-order chi connectivity index (χ1) is 10.7. The van der Waals surface area contributed by atoms with Crippen LogP contribution in [0.1, 0.15) is 0 Å². The van der Waals surface area contributed by atoms with Gasteiger partial charge in [-0.1, -0.05) is 0 Å². The van der Waals surface area contributed by atoms with E-state index < -0.39 is 5.76 Å². The lowest BCUT2D eigenvalue weighted by Crippen LogP contribution is -1.94. The molecule has 1 N–H and O–H groups in total. The molecular formula is C17H15NO4. The van der Waals surface area contributed by atoms with Gasteiger partial charge in [0.25, 0.3) is 0 Å². The molecule has 3 rings (SSSR count). The van der Waals surface area contributed by atoms with Crippen LogP contribution < -0.4 is 15.2 Å². The summed E-state index contributed by atoms with van der Waals surface area (Å²) in [6.45, 7) is 0. The first-order valence-electron chi connectivity index (χ1n) is 6.73. The minimum Gasteiger partial charge on any atom is -0.497 e. The third kappa shape index (κ3) is 2.61. The number of nitrogens with one attached hydrogen (secondary N) is 1. The highest BCUT2D eigenvalue weighted by Crippen LogP contribution is 2.31. The molecule has 1 aromatic heterocycles. The van der Waals surface area contributed by atoms with Gasteiger partial charge in [-0.15, -0.1) is 0 Å². The first kappa shape index (κ1) is 14.0. The number of aromatic amines is 1. The van der Waals surface area contributed by atoms with Gasteiger partial charge in [0.05, 0.1) is 19.9 Å². The van der Waals surface area contributed by atoms with Gasteiger partial charge in [0.15, 0.2) is 5.76 Å². The molecule has 0 fully saturated rings. The van der Waals surface area contributed by atoms with E-state index in [-0.39, 0.29) is 0 Å². The zero-order valence-electron chi connectivity index (χ0n) is 12.3. The Morgan fingerprint density at radius 2 is 1.32 bits per heavy atom. The molecule has 112 valence electrons. The fraction of sp³-hybridized carbons (Fsp3) is 0.118. The van der Waals surface area contributed by atoms with Gasteiger partial charge in [0.1, 0.15) is 11.5 Å². The molecule has 0 atom stereocenters. The number of rotatable bonds is 4. The van der Waals surface area contributed by atoms with Crippen LogP contribution in [0.25, 0.3) is 22.6 Å². The molecule has 5 nitrogen and oxygen atoms in total. The summed E-state index contributed by atoms with van der Waals surface area (Å²) in [5.41, 5.74) is 2.28. The van der Waals surface area contributed by atoms with Crippen LogP contribution in [-0.4, -0.2) is 19.2 Å². The van der Waals surface area contributed by atoms with Gasteiger partial charge < -0.3 is 13.9 Å². The number of benzene rings is 2. The molecule has 0 spiro atoms. The molecule has 0 aliphatic rings. The maximum absolute atomic E-state index is 11.6. The van der Waals surface area contributed by atoms with Gasteiger partial charge >= 0.3 is 5.76 Å². The molecule has 1 heterocycles. The quantitative estimate of drug-likeness (QED) is 0.802. The molecule has 3 aromatic rings. The van der Waals surface area contributed by atoms with E-state index in [1.54, 1.807) is 14.2 Å². The van der Waals surface area contributed by atoms with E-state index in [2.05, 4.69) is 4.98 Å². The average molecular weight is 297 g/mol. The lowest BCUT2D eigenvalue weighted by molar-refractivity contribution is 0.414. The molecule has 0 saturated heterocycles. The fourth-order valence-electron chi connectivity index (χ4n) is 2.23. The van der Waals surface area contributed by atoms with Crippen molar-refractivity contribution in [3.63, 3.8) is 0 Å². The van der Waals surface area contributed by atoms with Crippen molar-refractivity contribution in [1.82, 2.24) is 4.98 Å². The van der Waals surface area contributed by atoms with Gasteiger partial charge in [0.2, 0.25) is 0 Å². The standard InChI is InChI=1S/C17H15NO4/c1-20-13-7-3-11(4-8-13)15-16(22-17(19)18-15)12-5-9-14(21-2)10-6-12/h3-10H,1-2H3,(H,18,19). The summed E-state index contributed by atoms with van der Waals surface area (Å²) in [4.78, 5) is 14.4. The Bertz CT molecular complexity index is 745. The van der Waals surface area contributed by atoms with Crippen molar-refractivity contribution < 1.29 is 13.9 Å². The van der Waals surface area contributed by atoms with Gasteiger partial charge in [-0.05, 0) is 48.5 Å². The highest BCUT2D eigenvalue weighted by atomic mass is 16.5. The lowest BCUT2D eigenvalue weighted by Gasteiger charge is -2.05. The van der Waals surface area contributed by atoms with Gasteiger partial charge in [-0.3, -0.25) is 4.98 Å². The predicted octanol–water partition coefficient (Wildman–Crippen LogP) is 3.32. The van der Waals surface area contributed by atoms with Crippen LogP contribution in [0.2, 0.25) is 0 Å². The highest BCUT2D eigenvalue weighted by molar-refractivity contribution is 5.76. The number of ether oxygens (including phenoxy) is 2. The summed E-state index contributed by atoms with van der Waals surface area (Å²) in [7, 11) is 3.21. The molecule has 0 bridgehead atoms. The molecule has 5 heteroatoms. The number of aromatic nitrogens is 1. The smallest absolute Gasteiger partial charge is 0.417 e. The van der Waals surface area contributed by atoms with Crippen molar-refractivity contribution >= 4 is 0 Å². The van der Waals surface area contributed by atoms with Gasteiger partial charge in [0, 0.05) is 11.1 Å². The second-order valence-corrected chi connectivity index (χ2v) is 4.68. The Morgan fingerprint density at radius 1 is 0.818 bits per heavy atom. The van der Waals surface area contributed by atoms with Crippen molar-refractivity contribution in [3.05, 3.63) is 59.1 Å². The number of methoxy groups -OCH3 is 2. The van der Waals surface area contributed by atoms with Crippen molar-refractivity contribution in [2.24, 2.45) is 0 Å². The monoisotopic (exact) mass is 297 g/mol. The van der Waals surface area contributed by atoms with Crippen LogP contribution in [0.5, 0.6) is 11.5 Å². The molecule has 2 aromatic carbocycles. The largest absolute Gasteiger partial charge is 0.497 e. The van der Waals surface area contributed by atoms with E-state index in [0.717, 1.165) is 22.6 Å². The summed E-state index contributed by atoms with van der Waals surface area (Å²) >= 11 is 0. The topological polar surface area (TPSA) is 64.5 Å². The van der Waals surface area contributed by atoms with Gasteiger partial charge in [-0.2, -0.15) is 0 Å². The molecule has 22 heavy (non-hydrogen) atoms. The maximum Gasteiger partial charge on any atom is 0.417 e. The second-order valence-electron chi connectivity index (χ2n) is 4.68. The molecule has 0 radical (unpaired) electrons. The molecule has 0 amide bonds. The second kappa shape index (κ2) is 5.81.